The van der Waals surface area contributed by atoms with Crippen LogP contribution in [0.5, 0.6) is 0 Å². The number of ether oxygens (including phenoxy) is 4. The van der Waals surface area contributed by atoms with Crippen LogP contribution in [0.3, 0.4) is 0 Å². The van der Waals surface area contributed by atoms with E-state index >= 15 is 0 Å². The fourth-order valence-corrected chi connectivity index (χ4v) is 12.6. The van der Waals surface area contributed by atoms with E-state index in [1.807, 2.05) is 230 Å². The Hall–Kier alpha value is -3.35. The predicted molar refractivity (Wildman–Crippen MR) is 396 cm³/mol. The Morgan fingerprint density at radius 2 is 0.641 bits per heavy atom. The quantitative estimate of drug-likeness (QED) is 0.0128. The number of hydrogen-bond donors (Lipinski definition) is 2. The molecule has 0 aliphatic heterocycles. The van der Waals surface area contributed by atoms with Crippen LogP contribution in [0, 0.1) is 0 Å². The first kappa shape index (κ1) is 86.7. The van der Waals surface area contributed by atoms with Gasteiger partial charge in [-0.05, 0) is 169 Å². The number of esters is 4. The molecule has 6 aromatic rings. The van der Waals surface area contributed by atoms with Gasteiger partial charge in [-0.2, -0.15) is 37.0 Å². The zero-order chi connectivity index (χ0) is 67.3. The molecule has 10 nitrogen and oxygen atoms in total. The van der Waals surface area contributed by atoms with E-state index in [0.29, 0.717) is 32.8 Å². The molecule has 0 saturated heterocycles. The molecule has 92 heavy (non-hydrogen) atoms. The van der Waals surface area contributed by atoms with E-state index in [9.17, 15) is 29.4 Å². The Morgan fingerprint density at radius 3 is 0.902 bits per heavy atom. The number of rotatable bonds is 35. The normalized spacial score (nSPS) is 13.8. The van der Waals surface area contributed by atoms with Crippen LogP contribution in [0.4, 0.5) is 0 Å². The number of carbonyl (C=O) groups is 4. The summed E-state index contributed by atoms with van der Waals surface area (Å²) in [4.78, 5) is 48.6. The molecule has 0 saturated carbocycles. The Kier molecular flexibility index (Phi) is 47.2. The molecular weight excluding hydrogens is 1290 g/mol. The van der Waals surface area contributed by atoms with Gasteiger partial charge in [-0.1, -0.05) is 212 Å². The molecule has 0 amide bonds. The molecule has 0 bridgehead atoms. The standard InChI is InChI=1S/C28H38O4S.C24H34O2S.C14H19BrO2.C10H12O2.2Na.H2S/c1-5-31-25(29)27(3,23-15-9-7-10-16-23)19-13-21-33-22-14-20-28(4,26(30)32-6-2)24-17-11-8-12-18-24;1-23(19-25,21-11-5-3-6-12-21)15-9-17-27-18-10-16-24(2,20-26)22-13-7-4-8-14-22;1-3-17-13(16)14(2,10-7-11-15)12-8-5-4-6-9-12;1-2-12-10(11)8-9-6-4-3-5-7-9;;;/h7-12,15-18H,5-6,13-14,19-22H2,1-4H3;3-8,11-14,25-26H,9-10,15-20H2,1-2H3;4-6,8-9H,3,7,10-11H2,1-2H3;3-7H,2,8H2,1H3;;;1H2. The van der Waals surface area contributed by atoms with Gasteiger partial charge < -0.3 is 29.2 Å². The van der Waals surface area contributed by atoms with E-state index in [1.54, 1.807) is 0 Å². The van der Waals surface area contributed by atoms with Gasteiger partial charge >= 0.3 is 67.5 Å². The van der Waals surface area contributed by atoms with Crippen molar-refractivity contribution in [3.63, 3.8) is 0 Å². The first-order chi connectivity index (χ1) is 43.9. The molecule has 0 aromatic heterocycles. The van der Waals surface area contributed by atoms with E-state index in [2.05, 4.69) is 54.0 Å². The summed E-state index contributed by atoms with van der Waals surface area (Å²) in [5, 5.41) is 20.6. The van der Waals surface area contributed by atoms with E-state index in [0.717, 1.165) is 115 Å². The van der Waals surface area contributed by atoms with Gasteiger partial charge in [0.05, 0.1) is 62.3 Å². The molecule has 0 fully saturated rings. The molecule has 16 heteroatoms. The molecular formula is C76H105BrNa2O10S3. The Labute approximate surface area is 606 Å². The average molecular weight is 1400 g/mol. The van der Waals surface area contributed by atoms with E-state index in [-0.39, 0.29) is 61.4 Å². The maximum atomic E-state index is 12.7. The Balaban J connectivity index is 0.000000642. The van der Waals surface area contributed by atoms with Crippen molar-refractivity contribution < 1.29 is 48.3 Å². The van der Waals surface area contributed by atoms with Crippen LogP contribution in [0.2, 0.25) is 0 Å². The number of halogens is 1. The van der Waals surface area contributed by atoms with Crippen LogP contribution in [0.15, 0.2) is 182 Å². The molecule has 6 rings (SSSR count). The van der Waals surface area contributed by atoms with Crippen LogP contribution in [0.25, 0.3) is 0 Å². The number of aliphatic hydroxyl groups excluding tert-OH is 2. The SMILES string of the molecule is CC(CO)(CCCSCCCC(C)(CO)c1ccccc1)c1ccccc1.CCOC(=O)C(C)(CCCBr)c1ccccc1.CCOC(=O)C(C)(CCCSCCCC(C)(C(=O)OCC)c1ccccc1)c1ccccc1.CCOC(=O)Cc1ccccc1.S.[Na][Na]. The third kappa shape index (κ3) is 30.8. The van der Waals surface area contributed by atoms with Crippen molar-refractivity contribution in [2.75, 3.05) is 68.0 Å². The molecule has 0 spiro atoms. The van der Waals surface area contributed by atoms with Crippen LogP contribution >= 0.6 is 52.9 Å². The number of aliphatic hydroxyl groups is 2. The predicted octanol–water partition coefficient (Wildman–Crippen LogP) is 16.3. The Bertz CT molecular complexity index is 2730. The van der Waals surface area contributed by atoms with Gasteiger partial charge in [0.25, 0.3) is 0 Å². The summed E-state index contributed by atoms with van der Waals surface area (Å²) in [6.07, 6.45) is 9.64. The minimum absolute atomic E-state index is 0. The topological polar surface area (TPSA) is 146 Å². The first-order valence-corrected chi connectivity index (χ1v) is 44.2. The minimum atomic E-state index is -0.631. The van der Waals surface area contributed by atoms with Crippen LogP contribution < -0.4 is 0 Å². The van der Waals surface area contributed by atoms with Gasteiger partial charge in [0.1, 0.15) is 0 Å². The summed E-state index contributed by atoms with van der Waals surface area (Å²) in [5.74, 6) is 3.54. The van der Waals surface area contributed by atoms with Crippen molar-refractivity contribution in [1.29, 1.82) is 0 Å². The molecule has 5 unspecified atom stereocenters. The third-order valence-electron chi connectivity index (χ3n) is 16.3. The molecule has 5 atom stereocenters. The van der Waals surface area contributed by atoms with E-state index < -0.39 is 16.2 Å². The second-order valence-electron chi connectivity index (χ2n) is 23.3. The van der Waals surface area contributed by atoms with Gasteiger partial charge in [0.15, 0.2) is 0 Å². The molecule has 0 aliphatic rings. The van der Waals surface area contributed by atoms with Gasteiger partial charge in [0, 0.05) is 16.2 Å². The number of benzene rings is 6. The number of alkyl halides is 1. The molecule has 6 aromatic carbocycles. The zero-order valence-electron chi connectivity index (χ0n) is 57.2. The molecule has 2 N–H and O–H groups in total. The first-order valence-electron chi connectivity index (χ1n) is 32.8. The summed E-state index contributed by atoms with van der Waals surface area (Å²) >= 11 is 10.2. The second-order valence-corrected chi connectivity index (χ2v) is 26.6. The molecule has 496 valence electrons. The Morgan fingerprint density at radius 1 is 0.391 bits per heavy atom. The van der Waals surface area contributed by atoms with Crippen molar-refractivity contribution >= 4 is 120 Å². The second kappa shape index (κ2) is 50.1. The van der Waals surface area contributed by atoms with Gasteiger partial charge in [0.2, 0.25) is 0 Å². The summed E-state index contributed by atoms with van der Waals surface area (Å²) in [5.41, 5.74) is 4.37. The van der Waals surface area contributed by atoms with E-state index in [4.69, 9.17) is 18.9 Å². The monoisotopic (exact) mass is 1400 g/mol. The van der Waals surface area contributed by atoms with Gasteiger partial charge in [-0.15, -0.1) is 0 Å². The van der Waals surface area contributed by atoms with Crippen LogP contribution in [-0.2, 0) is 71.6 Å². The third-order valence-corrected chi connectivity index (χ3v) is 19.2. The average Bonchev–Trinajstić information content (AvgIpc) is 1.28. The summed E-state index contributed by atoms with van der Waals surface area (Å²) in [7, 11) is 0. The molecule has 0 heterocycles. The van der Waals surface area contributed by atoms with Crippen molar-refractivity contribution in [2.45, 2.75) is 160 Å². The van der Waals surface area contributed by atoms with Crippen molar-refractivity contribution in [3.05, 3.63) is 215 Å². The number of thioether (sulfide) groups is 2. The van der Waals surface area contributed by atoms with Crippen molar-refractivity contribution in [1.82, 2.24) is 0 Å². The maximum absolute atomic E-state index is 12.7. The van der Waals surface area contributed by atoms with Crippen molar-refractivity contribution in [2.24, 2.45) is 0 Å². The number of carbonyl (C=O) groups excluding carboxylic acids is 4. The van der Waals surface area contributed by atoms with E-state index in [1.165, 1.54) is 54.7 Å². The van der Waals surface area contributed by atoms with Gasteiger partial charge in [-0.25, -0.2) is 0 Å². The van der Waals surface area contributed by atoms with Crippen LogP contribution in [-0.4, -0.2) is 146 Å². The van der Waals surface area contributed by atoms with Crippen LogP contribution in [0.1, 0.15) is 160 Å². The molecule has 0 radical (unpaired) electrons. The van der Waals surface area contributed by atoms with Gasteiger partial charge in [-0.3, -0.25) is 19.2 Å². The summed E-state index contributed by atoms with van der Waals surface area (Å²) in [6.45, 7) is 19.6. The molecule has 0 aliphatic carbocycles. The van der Waals surface area contributed by atoms with Crippen molar-refractivity contribution in [3.8, 4) is 0 Å². The zero-order valence-corrected chi connectivity index (χ0v) is 65.5. The summed E-state index contributed by atoms with van der Waals surface area (Å²) < 4.78 is 20.8. The fourth-order valence-electron chi connectivity index (χ4n) is 10.5. The number of hydrogen-bond acceptors (Lipinski definition) is 12. The fraction of sp³-hybridized carbons (Fsp3) is 0.474. The summed E-state index contributed by atoms with van der Waals surface area (Å²) in [6, 6.07) is 59.9.